The monoisotopic (exact) mass is 251 g/mol. The van der Waals surface area contributed by atoms with E-state index >= 15 is 0 Å². The number of phenols is 1. The summed E-state index contributed by atoms with van der Waals surface area (Å²) >= 11 is 0. The maximum atomic E-state index is 9.66. The van der Waals surface area contributed by atoms with Crippen molar-refractivity contribution in [3.63, 3.8) is 0 Å². The minimum atomic E-state index is 0.164. The smallest absolute Gasteiger partial charge is 0.152 e. The normalized spacial score (nSPS) is 11.4. The van der Waals surface area contributed by atoms with E-state index in [1.54, 1.807) is 24.4 Å². The molecule has 3 aromatic rings. The molecule has 1 heterocycles. The SMILES string of the molecule is Cn1c(C=Nc2ccccc2O)nc2ccccc21. The number of aliphatic imine (C=N–C) groups is 1. The average Bonchev–Trinajstić information content (AvgIpc) is 2.75. The minimum absolute atomic E-state index is 0.164. The van der Waals surface area contributed by atoms with Gasteiger partial charge in [0, 0.05) is 7.05 Å². The van der Waals surface area contributed by atoms with Gasteiger partial charge < -0.3 is 9.67 Å². The lowest BCUT2D eigenvalue weighted by Gasteiger charge is -1.98. The summed E-state index contributed by atoms with van der Waals surface area (Å²) in [7, 11) is 1.95. The van der Waals surface area contributed by atoms with Gasteiger partial charge in [-0.15, -0.1) is 0 Å². The van der Waals surface area contributed by atoms with E-state index < -0.39 is 0 Å². The Balaban J connectivity index is 2.02. The molecular formula is C15H13N3O. The number of aromatic nitrogens is 2. The lowest BCUT2D eigenvalue weighted by atomic mass is 10.3. The highest BCUT2D eigenvalue weighted by molar-refractivity contribution is 5.86. The number of para-hydroxylation sites is 4. The number of hydrogen-bond acceptors (Lipinski definition) is 3. The lowest BCUT2D eigenvalue weighted by Crippen LogP contribution is -1.95. The van der Waals surface area contributed by atoms with E-state index in [2.05, 4.69) is 9.98 Å². The van der Waals surface area contributed by atoms with Gasteiger partial charge in [-0.25, -0.2) is 9.98 Å². The van der Waals surface area contributed by atoms with Crippen LogP contribution in [0.4, 0.5) is 5.69 Å². The number of imidazole rings is 1. The number of rotatable bonds is 2. The van der Waals surface area contributed by atoms with Gasteiger partial charge in [-0.05, 0) is 24.3 Å². The van der Waals surface area contributed by atoms with Gasteiger partial charge in [-0.1, -0.05) is 24.3 Å². The first-order valence-electron chi connectivity index (χ1n) is 5.99. The van der Waals surface area contributed by atoms with Crippen molar-refractivity contribution in [2.75, 3.05) is 0 Å². The van der Waals surface area contributed by atoms with Crippen molar-refractivity contribution >= 4 is 22.9 Å². The molecule has 1 aromatic heterocycles. The fourth-order valence-corrected chi connectivity index (χ4v) is 1.98. The quantitative estimate of drug-likeness (QED) is 0.712. The van der Waals surface area contributed by atoms with Gasteiger partial charge in [0.05, 0.1) is 17.2 Å². The van der Waals surface area contributed by atoms with Crippen molar-refractivity contribution in [2.24, 2.45) is 12.0 Å². The van der Waals surface area contributed by atoms with Crippen LogP contribution < -0.4 is 0 Å². The third kappa shape index (κ3) is 2.08. The summed E-state index contributed by atoms with van der Waals surface area (Å²) in [6.45, 7) is 0. The Morgan fingerprint density at radius 2 is 1.84 bits per heavy atom. The van der Waals surface area contributed by atoms with Crippen LogP contribution in [0.5, 0.6) is 5.75 Å². The molecule has 0 radical (unpaired) electrons. The van der Waals surface area contributed by atoms with Crippen LogP contribution in [-0.4, -0.2) is 20.9 Å². The van der Waals surface area contributed by atoms with Crippen LogP contribution >= 0.6 is 0 Å². The summed E-state index contributed by atoms with van der Waals surface area (Å²) in [5, 5.41) is 9.66. The highest BCUT2D eigenvalue weighted by Gasteiger charge is 2.04. The van der Waals surface area contributed by atoms with Crippen molar-refractivity contribution < 1.29 is 5.11 Å². The fraction of sp³-hybridized carbons (Fsp3) is 0.0667. The van der Waals surface area contributed by atoms with E-state index in [0.717, 1.165) is 16.9 Å². The molecule has 0 aliphatic rings. The summed E-state index contributed by atoms with van der Waals surface area (Å²) in [5.41, 5.74) is 2.53. The van der Waals surface area contributed by atoms with Crippen molar-refractivity contribution in [1.29, 1.82) is 0 Å². The van der Waals surface area contributed by atoms with Crippen LogP contribution in [0.15, 0.2) is 53.5 Å². The molecule has 0 amide bonds. The molecule has 4 heteroatoms. The summed E-state index contributed by atoms with van der Waals surface area (Å²) in [6.07, 6.45) is 1.66. The molecule has 0 aliphatic carbocycles. The molecule has 0 atom stereocenters. The molecule has 4 nitrogen and oxygen atoms in total. The zero-order valence-corrected chi connectivity index (χ0v) is 10.5. The first-order valence-corrected chi connectivity index (χ1v) is 5.99. The lowest BCUT2D eigenvalue weighted by molar-refractivity contribution is 0.477. The molecule has 0 aliphatic heterocycles. The zero-order valence-electron chi connectivity index (χ0n) is 10.5. The molecule has 94 valence electrons. The number of nitrogens with zero attached hydrogens (tertiary/aromatic N) is 3. The first-order chi connectivity index (χ1) is 9.25. The van der Waals surface area contributed by atoms with E-state index in [4.69, 9.17) is 0 Å². The van der Waals surface area contributed by atoms with Crippen molar-refractivity contribution in [1.82, 2.24) is 9.55 Å². The molecule has 2 aromatic carbocycles. The van der Waals surface area contributed by atoms with Crippen LogP contribution in [0.2, 0.25) is 0 Å². The predicted octanol–water partition coefficient (Wildman–Crippen LogP) is 3.03. The third-order valence-electron chi connectivity index (χ3n) is 3.02. The molecule has 19 heavy (non-hydrogen) atoms. The van der Waals surface area contributed by atoms with Crippen LogP contribution in [0.3, 0.4) is 0 Å². The molecule has 1 N–H and O–H groups in total. The Kier molecular flexibility index (Phi) is 2.76. The third-order valence-corrected chi connectivity index (χ3v) is 3.02. The van der Waals surface area contributed by atoms with E-state index in [0.29, 0.717) is 5.69 Å². The zero-order chi connectivity index (χ0) is 13.2. The first kappa shape index (κ1) is 11.5. The van der Waals surface area contributed by atoms with Gasteiger partial charge in [-0.2, -0.15) is 0 Å². The standard InChI is InChI=1S/C15H13N3O/c1-18-13-8-4-2-6-11(13)17-15(18)10-16-12-7-3-5-9-14(12)19/h2-10,19H,1H3. The van der Waals surface area contributed by atoms with Gasteiger partial charge >= 0.3 is 0 Å². The van der Waals surface area contributed by atoms with Gasteiger partial charge in [0.25, 0.3) is 0 Å². The van der Waals surface area contributed by atoms with Gasteiger partial charge in [0.15, 0.2) is 5.82 Å². The number of benzene rings is 2. The average molecular weight is 251 g/mol. The van der Waals surface area contributed by atoms with Crippen molar-refractivity contribution in [2.45, 2.75) is 0 Å². The van der Waals surface area contributed by atoms with E-state index in [-0.39, 0.29) is 5.75 Å². The fourth-order valence-electron chi connectivity index (χ4n) is 1.98. The summed E-state index contributed by atoms with van der Waals surface area (Å²) in [5.74, 6) is 0.918. The Morgan fingerprint density at radius 3 is 2.63 bits per heavy atom. The van der Waals surface area contributed by atoms with E-state index in [1.165, 1.54) is 0 Å². The molecule has 0 unspecified atom stereocenters. The number of aromatic hydroxyl groups is 1. The van der Waals surface area contributed by atoms with E-state index in [1.807, 2.05) is 41.9 Å². The second-order valence-electron chi connectivity index (χ2n) is 4.26. The Labute approximate surface area is 110 Å². The molecule has 0 bridgehead atoms. The highest BCUT2D eigenvalue weighted by Crippen LogP contribution is 2.24. The summed E-state index contributed by atoms with van der Waals surface area (Å²) in [6, 6.07) is 14.9. The van der Waals surface area contributed by atoms with Gasteiger partial charge in [0.1, 0.15) is 11.4 Å². The van der Waals surface area contributed by atoms with Crippen LogP contribution in [-0.2, 0) is 7.05 Å². The maximum absolute atomic E-state index is 9.66. The topological polar surface area (TPSA) is 50.4 Å². The second kappa shape index (κ2) is 4.57. The second-order valence-corrected chi connectivity index (χ2v) is 4.26. The highest BCUT2D eigenvalue weighted by atomic mass is 16.3. The van der Waals surface area contributed by atoms with Crippen LogP contribution in [0.1, 0.15) is 5.82 Å². The summed E-state index contributed by atoms with van der Waals surface area (Å²) < 4.78 is 1.97. The maximum Gasteiger partial charge on any atom is 0.152 e. The number of fused-ring (bicyclic) bond motifs is 1. The van der Waals surface area contributed by atoms with Crippen LogP contribution in [0, 0.1) is 0 Å². The number of hydrogen-bond donors (Lipinski definition) is 1. The molecular weight excluding hydrogens is 238 g/mol. The number of aryl methyl sites for hydroxylation is 1. The molecule has 0 spiro atoms. The van der Waals surface area contributed by atoms with Gasteiger partial charge in [0.2, 0.25) is 0 Å². The van der Waals surface area contributed by atoms with Gasteiger partial charge in [-0.3, -0.25) is 0 Å². The molecule has 0 fully saturated rings. The largest absolute Gasteiger partial charge is 0.506 e. The predicted molar refractivity (Wildman–Crippen MR) is 76.1 cm³/mol. The molecule has 3 rings (SSSR count). The van der Waals surface area contributed by atoms with E-state index in [9.17, 15) is 5.11 Å². The summed E-state index contributed by atoms with van der Waals surface area (Å²) in [4.78, 5) is 8.76. The van der Waals surface area contributed by atoms with Crippen LogP contribution in [0.25, 0.3) is 11.0 Å². The Bertz CT molecular complexity index is 759. The van der Waals surface area contributed by atoms with Crippen molar-refractivity contribution in [3.05, 3.63) is 54.4 Å². The Hall–Kier alpha value is -2.62. The number of phenolic OH excluding ortho intramolecular Hbond substituents is 1. The molecule has 0 saturated carbocycles. The Morgan fingerprint density at radius 1 is 1.11 bits per heavy atom. The minimum Gasteiger partial charge on any atom is -0.506 e. The van der Waals surface area contributed by atoms with Crippen molar-refractivity contribution in [3.8, 4) is 5.75 Å². The molecule has 0 saturated heterocycles.